The predicted octanol–water partition coefficient (Wildman–Crippen LogP) is 2.55. The van der Waals surface area contributed by atoms with Crippen LogP contribution >= 0.6 is 12.4 Å². The van der Waals surface area contributed by atoms with Gasteiger partial charge in [-0.25, -0.2) is 8.42 Å². The van der Waals surface area contributed by atoms with Crippen molar-refractivity contribution in [2.45, 2.75) is 30.0 Å². The van der Waals surface area contributed by atoms with Gasteiger partial charge in [-0.3, -0.25) is 4.79 Å². The summed E-state index contributed by atoms with van der Waals surface area (Å²) in [5, 5.41) is 2.74. The minimum Gasteiger partial charge on any atom is -0.352 e. The molecule has 2 aromatic rings. The Morgan fingerprint density at radius 1 is 1.12 bits per heavy atom. The lowest BCUT2D eigenvalue weighted by atomic mass is 10.2. The van der Waals surface area contributed by atoms with Crippen LogP contribution in [0.2, 0.25) is 0 Å². The van der Waals surface area contributed by atoms with Crippen molar-refractivity contribution in [1.29, 1.82) is 0 Å². The number of hydrogen-bond donors (Lipinski definition) is 2. The summed E-state index contributed by atoms with van der Waals surface area (Å²) in [6.45, 7) is 2.32. The van der Waals surface area contributed by atoms with Crippen LogP contribution in [0.15, 0.2) is 59.5 Å². The van der Waals surface area contributed by atoms with E-state index in [-0.39, 0.29) is 35.0 Å². The van der Waals surface area contributed by atoms with Gasteiger partial charge >= 0.3 is 0 Å². The van der Waals surface area contributed by atoms with E-state index in [1.807, 2.05) is 13.0 Å². The molecule has 2 rings (SSSR count). The molecule has 0 radical (unpaired) electrons. The van der Waals surface area contributed by atoms with E-state index >= 15 is 0 Å². The molecule has 0 aromatic heterocycles. The second-order valence-corrected chi connectivity index (χ2v) is 7.78. The summed E-state index contributed by atoms with van der Waals surface area (Å²) < 4.78 is 25.1. The van der Waals surface area contributed by atoms with Crippen molar-refractivity contribution in [1.82, 2.24) is 5.32 Å². The molecule has 0 aliphatic heterocycles. The normalized spacial score (nSPS) is 12.1. The zero-order chi connectivity index (χ0) is 17.6. The lowest BCUT2D eigenvalue weighted by molar-refractivity contribution is 0.0952. The fraction of sp³-hybridized carbons (Fsp3) is 0.278. The molecule has 0 aliphatic carbocycles. The molecular weight excluding hydrogens is 360 g/mol. The molecule has 5 nitrogen and oxygen atoms in total. The first-order valence-corrected chi connectivity index (χ1v) is 9.44. The van der Waals surface area contributed by atoms with Gasteiger partial charge in [0.2, 0.25) is 0 Å². The summed E-state index contributed by atoms with van der Waals surface area (Å²) in [6.07, 6.45) is 0.664. The molecule has 0 spiro atoms. The number of halogens is 1. The molecule has 1 atom stereocenters. The van der Waals surface area contributed by atoms with Crippen LogP contribution in [0.4, 0.5) is 0 Å². The number of carbonyl (C=O) groups is 1. The van der Waals surface area contributed by atoms with E-state index in [0.29, 0.717) is 24.1 Å². The topological polar surface area (TPSA) is 89.3 Å². The monoisotopic (exact) mass is 382 g/mol. The van der Waals surface area contributed by atoms with E-state index in [0.717, 1.165) is 0 Å². The van der Waals surface area contributed by atoms with Gasteiger partial charge < -0.3 is 11.1 Å². The molecule has 1 amide bonds. The number of sulfone groups is 1. The first-order valence-electron chi connectivity index (χ1n) is 7.79. The van der Waals surface area contributed by atoms with Crippen molar-refractivity contribution < 1.29 is 13.2 Å². The highest BCUT2D eigenvalue weighted by atomic mass is 35.5. The van der Waals surface area contributed by atoms with Gasteiger partial charge in [0.05, 0.1) is 10.6 Å². The van der Waals surface area contributed by atoms with Gasteiger partial charge in [-0.2, -0.15) is 0 Å². The minimum atomic E-state index is -3.50. The van der Waals surface area contributed by atoms with Crippen LogP contribution in [-0.4, -0.2) is 26.9 Å². The maximum absolute atomic E-state index is 12.5. The zero-order valence-corrected chi connectivity index (χ0v) is 15.6. The number of hydrogen-bond acceptors (Lipinski definition) is 4. The van der Waals surface area contributed by atoms with E-state index in [1.165, 1.54) is 12.1 Å². The van der Waals surface area contributed by atoms with Gasteiger partial charge in [-0.15, -0.1) is 12.4 Å². The fourth-order valence-corrected chi connectivity index (χ4v) is 3.61. The first kappa shape index (κ1) is 21.2. The molecule has 0 heterocycles. The maximum Gasteiger partial charge on any atom is 0.251 e. The lowest BCUT2D eigenvalue weighted by Crippen LogP contribution is -2.29. The van der Waals surface area contributed by atoms with Gasteiger partial charge in [0, 0.05) is 18.2 Å². The second-order valence-electron chi connectivity index (χ2n) is 5.79. The predicted molar refractivity (Wildman–Crippen MR) is 102 cm³/mol. The molecule has 0 saturated carbocycles. The summed E-state index contributed by atoms with van der Waals surface area (Å²) in [5.41, 5.74) is 6.68. The third kappa shape index (κ3) is 6.49. The highest BCUT2D eigenvalue weighted by Gasteiger charge is 2.17. The van der Waals surface area contributed by atoms with E-state index in [9.17, 15) is 13.2 Å². The molecule has 25 heavy (non-hydrogen) atoms. The molecule has 0 saturated heterocycles. The van der Waals surface area contributed by atoms with Crippen molar-refractivity contribution in [3.63, 3.8) is 0 Å². The van der Waals surface area contributed by atoms with Crippen LogP contribution in [0.1, 0.15) is 29.3 Å². The van der Waals surface area contributed by atoms with Crippen LogP contribution in [-0.2, 0) is 15.6 Å². The Labute approximate surface area is 155 Å². The Morgan fingerprint density at radius 3 is 2.44 bits per heavy atom. The molecule has 136 valence electrons. The molecular formula is C18H23ClN2O3S. The summed E-state index contributed by atoms with van der Waals surface area (Å²) in [4.78, 5) is 12.3. The van der Waals surface area contributed by atoms with Crippen LogP contribution in [0.25, 0.3) is 0 Å². The third-order valence-electron chi connectivity index (χ3n) is 3.54. The molecule has 2 aromatic carbocycles. The molecule has 3 N–H and O–H groups in total. The number of rotatable bonds is 7. The second kappa shape index (κ2) is 9.56. The maximum atomic E-state index is 12.5. The number of nitrogens with two attached hydrogens (primary N) is 1. The quantitative estimate of drug-likeness (QED) is 0.770. The standard InChI is InChI=1S/C18H22N2O3S.ClH/c1-14(19)10-11-20-18(21)16-8-5-9-17(12-16)24(22,23)13-15-6-3-2-4-7-15;/h2-9,12,14H,10-11,13,19H2,1H3,(H,20,21);1H. The first-order chi connectivity index (χ1) is 11.4. The van der Waals surface area contributed by atoms with E-state index in [1.54, 1.807) is 36.4 Å². The number of carbonyl (C=O) groups excluding carboxylic acids is 1. The smallest absolute Gasteiger partial charge is 0.251 e. The van der Waals surface area contributed by atoms with Gasteiger partial charge in [0.15, 0.2) is 9.84 Å². The summed E-state index contributed by atoms with van der Waals surface area (Å²) in [6, 6.07) is 15.1. The Balaban J connectivity index is 0.00000312. The summed E-state index contributed by atoms with van der Waals surface area (Å²) in [5.74, 6) is -0.392. The molecule has 0 bridgehead atoms. The zero-order valence-electron chi connectivity index (χ0n) is 14.0. The molecule has 1 unspecified atom stereocenters. The van der Waals surface area contributed by atoms with Crippen molar-refractivity contribution in [2.75, 3.05) is 6.54 Å². The number of amides is 1. The largest absolute Gasteiger partial charge is 0.352 e. The highest BCUT2D eigenvalue weighted by molar-refractivity contribution is 7.90. The van der Waals surface area contributed by atoms with Crippen LogP contribution in [0.3, 0.4) is 0 Å². The molecule has 0 aliphatic rings. The fourth-order valence-electron chi connectivity index (χ4n) is 2.22. The van der Waals surface area contributed by atoms with Crippen LogP contribution < -0.4 is 11.1 Å². The van der Waals surface area contributed by atoms with Crippen molar-refractivity contribution in [3.05, 3.63) is 65.7 Å². The Bertz CT molecular complexity index is 793. The SMILES string of the molecule is CC(N)CCNC(=O)c1cccc(S(=O)(=O)Cc2ccccc2)c1.Cl. The Morgan fingerprint density at radius 2 is 1.80 bits per heavy atom. The Kier molecular flexibility index (Phi) is 8.09. The van der Waals surface area contributed by atoms with Crippen molar-refractivity contribution >= 4 is 28.2 Å². The van der Waals surface area contributed by atoms with E-state index in [4.69, 9.17) is 5.73 Å². The molecule has 0 fully saturated rings. The molecule has 7 heteroatoms. The average molecular weight is 383 g/mol. The number of benzene rings is 2. The third-order valence-corrected chi connectivity index (χ3v) is 5.23. The van der Waals surface area contributed by atoms with E-state index < -0.39 is 9.84 Å². The highest BCUT2D eigenvalue weighted by Crippen LogP contribution is 2.17. The average Bonchev–Trinajstić information content (AvgIpc) is 2.55. The van der Waals surface area contributed by atoms with Crippen LogP contribution in [0, 0.1) is 0 Å². The Hall–Kier alpha value is -1.89. The van der Waals surface area contributed by atoms with E-state index in [2.05, 4.69) is 5.32 Å². The van der Waals surface area contributed by atoms with Crippen molar-refractivity contribution in [2.24, 2.45) is 5.73 Å². The summed E-state index contributed by atoms with van der Waals surface area (Å²) >= 11 is 0. The number of nitrogens with one attached hydrogen (secondary N) is 1. The summed E-state index contributed by atoms with van der Waals surface area (Å²) in [7, 11) is -3.50. The van der Waals surface area contributed by atoms with Crippen LogP contribution in [0.5, 0.6) is 0 Å². The van der Waals surface area contributed by atoms with Gasteiger partial charge in [0.25, 0.3) is 5.91 Å². The van der Waals surface area contributed by atoms with Crippen molar-refractivity contribution in [3.8, 4) is 0 Å². The minimum absolute atomic E-state index is 0. The van der Waals surface area contributed by atoms with Gasteiger partial charge in [0.1, 0.15) is 0 Å². The lowest BCUT2D eigenvalue weighted by Gasteiger charge is -2.09. The van der Waals surface area contributed by atoms with Gasteiger partial charge in [-0.05, 0) is 37.1 Å². The van der Waals surface area contributed by atoms with Gasteiger partial charge in [-0.1, -0.05) is 36.4 Å².